The van der Waals surface area contributed by atoms with E-state index in [-0.39, 0.29) is 29.6 Å². The van der Waals surface area contributed by atoms with Gasteiger partial charge in [0.1, 0.15) is 17.4 Å². The summed E-state index contributed by atoms with van der Waals surface area (Å²) in [7, 11) is 0. The molecular weight excluding hydrogens is 360 g/mol. The molecule has 138 valence electrons. The van der Waals surface area contributed by atoms with Crippen molar-refractivity contribution in [2.24, 2.45) is 0 Å². The minimum atomic E-state index is -0.652. The number of hydrogen-bond donors (Lipinski definition) is 1. The quantitative estimate of drug-likeness (QED) is 0.616. The van der Waals surface area contributed by atoms with Crippen LogP contribution in [0.25, 0.3) is 0 Å². The van der Waals surface area contributed by atoms with Crippen molar-refractivity contribution in [2.45, 2.75) is 43.0 Å². The molecule has 1 saturated carbocycles. The molecule has 0 spiro atoms. The van der Waals surface area contributed by atoms with E-state index in [0.29, 0.717) is 5.16 Å². The monoisotopic (exact) mass is 379 g/mol. The summed E-state index contributed by atoms with van der Waals surface area (Å²) in [6.45, 7) is 0. The number of carbonyl (C=O) groups is 1. The Balaban J connectivity index is 1.40. The van der Waals surface area contributed by atoms with Crippen LogP contribution in [0.2, 0.25) is 0 Å². The van der Waals surface area contributed by atoms with Gasteiger partial charge in [-0.05, 0) is 31.7 Å². The van der Waals surface area contributed by atoms with Crippen LogP contribution >= 0.6 is 11.8 Å². The van der Waals surface area contributed by atoms with Crippen molar-refractivity contribution in [1.29, 1.82) is 0 Å². The average Bonchev–Trinajstić information content (AvgIpc) is 2.62. The molecule has 0 unspecified atom stereocenters. The Bertz CT molecular complexity index is 720. The van der Waals surface area contributed by atoms with Crippen molar-refractivity contribution in [3.63, 3.8) is 0 Å². The minimum absolute atomic E-state index is 0.0565. The highest BCUT2D eigenvalue weighted by Gasteiger charge is 2.24. The predicted molar refractivity (Wildman–Crippen MR) is 93.9 cm³/mol. The Morgan fingerprint density at radius 2 is 1.77 bits per heavy atom. The van der Waals surface area contributed by atoms with Crippen LogP contribution < -0.4 is 10.1 Å². The Morgan fingerprint density at radius 3 is 2.42 bits per heavy atom. The van der Waals surface area contributed by atoms with Crippen molar-refractivity contribution in [1.82, 2.24) is 15.3 Å². The first-order valence-electron chi connectivity index (χ1n) is 8.40. The molecule has 5 nitrogen and oxygen atoms in total. The van der Waals surface area contributed by atoms with Gasteiger partial charge in [0, 0.05) is 36.6 Å². The molecule has 1 N–H and O–H groups in total. The van der Waals surface area contributed by atoms with E-state index in [9.17, 15) is 13.6 Å². The minimum Gasteiger partial charge on any atom is -0.490 e. The number of amides is 1. The lowest BCUT2D eigenvalue weighted by molar-refractivity contribution is -0.119. The highest BCUT2D eigenvalue weighted by molar-refractivity contribution is 7.99. The number of carbonyl (C=O) groups excluding carboxylic acids is 1. The molecule has 1 aromatic heterocycles. The molecule has 1 aliphatic carbocycles. The molecule has 1 fully saturated rings. The highest BCUT2D eigenvalue weighted by Crippen LogP contribution is 2.25. The lowest BCUT2D eigenvalue weighted by Gasteiger charge is -2.29. The molecule has 1 amide bonds. The third-order valence-corrected chi connectivity index (χ3v) is 4.93. The normalized spacial score (nSPS) is 19.8. The van der Waals surface area contributed by atoms with Gasteiger partial charge in [0.15, 0.2) is 5.16 Å². The van der Waals surface area contributed by atoms with E-state index >= 15 is 0 Å². The van der Waals surface area contributed by atoms with Crippen molar-refractivity contribution < 1.29 is 18.3 Å². The number of hydrogen-bond acceptors (Lipinski definition) is 5. The number of aromatic nitrogens is 2. The maximum atomic E-state index is 13.2. The number of halogens is 2. The molecule has 0 atom stereocenters. The summed E-state index contributed by atoms with van der Waals surface area (Å²) >= 11 is 1.29. The maximum absolute atomic E-state index is 13.2. The van der Waals surface area contributed by atoms with Gasteiger partial charge in [-0.2, -0.15) is 0 Å². The molecule has 0 saturated heterocycles. The number of nitrogens with one attached hydrogen (secondary N) is 1. The SMILES string of the molecule is O=C(CSc1ncccn1)NC1CCC(Oc2cc(F)cc(F)c2)CC1. The molecule has 0 bridgehead atoms. The van der Waals surface area contributed by atoms with Gasteiger partial charge in [-0.15, -0.1) is 0 Å². The smallest absolute Gasteiger partial charge is 0.230 e. The number of nitrogens with zero attached hydrogens (tertiary/aromatic N) is 2. The largest absolute Gasteiger partial charge is 0.490 e. The number of thioether (sulfide) groups is 1. The summed E-state index contributed by atoms with van der Waals surface area (Å²) in [5.74, 6) is -0.891. The van der Waals surface area contributed by atoms with E-state index in [2.05, 4.69) is 15.3 Å². The molecule has 8 heteroatoms. The fraction of sp³-hybridized carbons (Fsp3) is 0.389. The summed E-state index contributed by atoms with van der Waals surface area (Å²) in [5.41, 5.74) is 0. The van der Waals surface area contributed by atoms with E-state index in [4.69, 9.17) is 4.74 Å². The van der Waals surface area contributed by atoms with Gasteiger partial charge >= 0.3 is 0 Å². The maximum Gasteiger partial charge on any atom is 0.230 e. The second-order valence-electron chi connectivity index (χ2n) is 6.08. The second kappa shape index (κ2) is 8.93. The summed E-state index contributed by atoms with van der Waals surface area (Å²) in [6, 6.07) is 4.99. The first-order valence-corrected chi connectivity index (χ1v) is 9.39. The first-order chi connectivity index (χ1) is 12.6. The zero-order valence-electron chi connectivity index (χ0n) is 14.0. The lowest BCUT2D eigenvalue weighted by atomic mass is 9.93. The van der Waals surface area contributed by atoms with Gasteiger partial charge in [-0.25, -0.2) is 18.7 Å². The van der Waals surface area contributed by atoms with Crippen LogP contribution in [-0.4, -0.2) is 33.8 Å². The van der Waals surface area contributed by atoms with Crippen LogP contribution in [0, 0.1) is 11.6 Å². The van der Waals surface area contributed by atoms with Crippen molar-refractivity contribution in [3.05, 3.63) is 48.3 Å². The van der Waals surface area contributed by atoms with Crippen molar-refractivity contribution >= 4 is 17.7 Å². The van der Waals surface area contributed by atoms with Crippen LogP contribution in [0.4, 0.5) is 8.78 Å². The van der Waals surface area contributed by atoms with Gasteiger partial charge < -0.3 is 10.1 Å². The molecule has 1 aromatic carbocycles. The van der Waals surface area contributed by atoms with Gasteiger partial charge in [0.2, 0.25) is 5.91 Å². The number of benzene rings is 1. The lowest BCUT2D eigenvalue weighted by Crippen LogP contribution is -2.40. The Kier molecular flexibility index (Phi) is 6.38. The van der Waals surface area contributed by atoms with Gasteiger partial charge in [-0.3, -0.25) is 4.79 Å². The van der Waals surface area contributed by atoms with E-state index in [1.165, 1.54) is 23.9 Å². The zero-order valence-corrected chi connectivity index (χ0v) is 14.8. The molecule has 0 radical (unpaired) electrons. The first kappa shape index (κ1) is 18.6. The van der Waals surface area contributed by atoms with Gasteiger partial charge in [0.05, 0.1) is 11.9 Å². The molecule has 2 aromatic rings. The molecule has 1 aliphatic rings. The fourth-order valence-corrected chi connectivity index (χ4v) is 3.49. The predicted octanol–water partition coefficient (Wildman–Crippen LogP) is 3.35. The summed E-state index contributed by atoms with van der Waals surface area (Å²) in [5, 5.41) is 3.57. The van der Waals surface area contributed by atoms with Crippen molar-refractivity contribution in [3.8, 4) is 5.75 Å². The van der Waals surface area contributed by atoms with Gasteiger partial charge in [-0.1, -0.05) is 11.8 Å². The fourth-order valence-electron chi connectivity index (χ4n) is 2.87. The van der Waals surface area contributed by atoms with Crippen LogP contribution in [0.3, 0.4) is 0 Å². The third kappa shape index (κ3) is 5.66. The van der Waals surface area contributed by atoms with Gasteiger partial charge in [0.25, 0.3) is 0 Å². The molecule has 26 heavy (non-hydrogen) atoms. The molecular formula is C18H19F2N3O2S. The van der Waals surface area contributed by atoms with E-state index in [1.54, 1.807) is 18.5 Å². The van der Waals surface area contributed by atoms with E-state index in [1.807, 2.05) is 0 Å². The molecule has 3 rings (SSSR count). The highest BCUT2D eigenvalue weighted by atomic mass is 32.2. The average molecular weight is 379 g/mol. The van der Waals surface area contributed by atoms with Crippen molar-refractivity contribution in [2.75, 3.05) is 5.75 Å². The summed E-state index contributed by atoms with van der Waals surface area (Å²) in [6.07, 6.45) is 6.14. The topological polar surface area (TPSA) is 64.1 Å². The Labute approximate surface area is 154 Å². The zero-order chi connectivity index (χ0) is 18.4. The van der Waals surface area contributed by atoms with Crippen LogP contribution in [0.1, 0.15) is 25.7 Å². The summed E-state index contributed by atoms with van der Waals surface area (Å²) < 4.78 is 32.1. The van der Waals surface area contributed by atoms with Crippen LogP contribution in [0.5, 0.6) is 5.75 Å². The Morgan fingerprint density at radius 1 is 1.12 bits per heavy atom. The second-order valence-corrected chi connectivity index (χ2v) is 7.03. The van der Waals surface area contributed by atoms with E-state index < -0.39 is 11.6 Å². The number of rotatable bonds is 6. The third-order valence-electron chi connectivity index (χ3n) is 4.05. The molecule has 0 aliphatic heterocycles. The Hall–Kier alpha value is -2.22. The standard InChI is InChI=1S/C18H19F2N3O2S/c19-12-8-13(20)10-16(9-12)25-15-4-2-14(3-5-15)23-17(24)11-26-18-21-6-1-7-22-18/h1,6-10,14-15H,2-5,11H2,(H,23,24). The molecule has 1 heterocycles. The van der Waals surface area contributed by atoms with E-state index in [0.717, 1.165) is 31.7 Å². The number of ether oxygens (including phenoxy) is 1. The summed E-state index contributed by atoms with van der Waals surface area (Å²) in [4.78, 5) is 20.2. The van der Waals surface area contributed by atoms with Crippen LogP contribution in [-0.2, 0) is 4.79 Å². The van der Waals surface area contributed by atoms with Crippen LogP contribution in [0.15, 0.2) is 41.8 Å².